The van der Waals surface area contributed by atoms with Crippen LogP contribution >= 0.6 is 0 Å². The molecule has 2 aliphatic rings. The molecule has 2 aliphatic carbocycles. The van der Waals surface area contributed by atoms with Crippen LogP contribution in [-0.4, -0.2) is 29.4 Å². The maximum Gasteiger partial charge on any atom is 0.119 e. The largest absolute Gasteiger partial charge is 0.490 e. The lowest BCUT2D eigenvalue weighted by Gasteiger charge is -2.28. The summed E-state index contributed by atoms with van der Waals surface area (Å²) in [7, 11) is 0. The van der Waals surface area contributed by atoms with Crippen molar-refractivity contribution in [1.29, 1.82) is 0 Å². The van der Waals surface area contributed by atoms with E-state index in [0.717, 1.165) is 31.4 Å². The second-order valence-corrected chi connectivity index (χ2v) is 6.34. The third-order valence-electron chi connectivity index (χ3n) is 4.59. The van der Waals surface area contributed by atoms with E-state index in [9.17, 15) is 5.11 Å². The first-order chi connectivity index (χ1) is 9.73. The normalized spacial score (nSPS) is 29.6. The number of hydrogen-bond acceptors (Lipinski definition) is 3. The summed E-state index contributed by atoms with van der Waals surface area (Å²) >= 11 is 0. The van der Waals surface area contributed by atoms with E-state index < -0.39 is 0 Å². The van der Waals surface area contributed by atoms with E-state index in [0.29, 0.717) is 6.04 Å². The highest BCUT2D eigenvalue weighted by atomic mass is 16.5. The van der Waals surface area contributed by atoms with Crippen LogP contribution in [0, 0.1) is 0 Å². The Morgan fingerprint density at radius 1 is 1.25 bits per heavy atom. The van der Waals surface area contributed by atoms with Crippen LogP contribution in [0.5, 0.6) is 5.75 Å². The number of benzene rings is 1. The fourth-order valence-corrected chi connectivity index (χ4v) is 3.16. The summed E-state index contributed by atoms with van der Waals surface area (Å²) in [5.74, 6) is 0.951. The molecule has 0 saturated heterocycles. The zero-order valence-corrected chi connectivity index (χ0v) is 12.3. The first kappa shape index (κ1) is 13.9. The minimum atomic E-state index is -0.102. The summed E-state index contributed by atoms with van der Waals surface area (Å²) in [5.41, 5.74) is 1.23. The number of nitrogens with one attached hydrogen (secondary N) is 1. The van der Waals surface area contributed by atoms with Crippen LogP contribution in [0.25, 0.3) is 0 Å². The Kier molecular flexibility index (Phi) is 3.99. The van der Waals surface area contributed by atoms with Gasteiger partial charge in [0, 0.05) is 18.0 Å². The summed E-state index contributed by atoms with van der Waals surface area (Å²) in [6, 6.07) is 9.01. The van der Waals surface area contributed by atoms with Crippen molar-refractivity contribution in [2.75, 3.05) is 6.61 Å². The maximum absolute atomic E-state index is 9.73. The molecule has 0 spiro atoms. The molecule has 0 aliphatic heterocycles. The number of aryl methyl sites for hydroxylation is 1. The Morgan fingerprint density at radius 2 is 2.00 bits per heavy atom. The third kappa shape index (κ3) is 3.15. The molecule has 2 N–H and O–H groups in total. The minimum absolute atomic E-state index is 0.102. The van der Waals surface area contributed by atoms with Gasteiger partial charge in [-0.2, -0.15) is 0 Å². The SMILES string of the molecule is CCc1ccc(OC2CCC(CO)(NC3CC3)C2)cc1. The summed E-state index contributed by atoms with van der Waals surface area (Å²) in [4.78, 5) is 0. The van der Waals surface area contributed by atoms with Crippen LogP contribution in [0.1, 0.15) is 44.6 Å². The van der Waals surface area contributed by atoms with E-state index in [-0.39, 0.29) is 18.2 Å². The van der Waals surface area contributed by atoms with Crippen molar-refractivity contribution < 1.29 is 9.84 Å². The van der Waals surface area contributed by atoms with Crippen LogP contribution in [0.3, 0.4) is 0 Å². The van der Waals surface area contributed by atoms with Crippen molar-refractivity contribution in [1.82, 2.24) is 5.32 Å². The first-order valence-corrected chi connectivity index (χ1v) is 7.87. The quantitative estimate of drug-likeness (QED) is 0.838. The van der Waals surface area contributed by atoms with Gasteiger partial charge in [0.05, 0.1) is 6.61 Å². The van der Waals surface area contributed by atoms with E-state index in [1.807, 2.05) is 0 Å². The predicted octanol–water partition coefficient (Wildman–Crippen LogP) is 2.66. The molecular formula is C17H25NO2. The van der Waals surface area contributed by atoms with Crippen molar-refractivity contribution in [2.24, 2.45) is 0 Å². The molecule has 3 rings (SSSR count). The first-order valence-electron chi connectivity index (χ1n) is 7.87. The molecule has 0 heterocycles. The molecule has 2 fully saturated rings. The molecule has 20 heavy (non-hydrogen) atoms. The predicted molar refractivity (Wildman–Crippen MR) is 80.1 cm³/mol. The Balaban J connectivity index is 1.58. The lowest BCUT2D eigenvalue weighted by Crippen LogP contribution is -2.48. The average molecular weight is 275 g/mol. The van der Waals surface area contributed by atoms with Gasteiger partial charge in [-0.25, -0.2) is 0 Å². The van der Waals surface area contributed by atoms with E-state index in [1.165, 1.54) is 18.4 Å². The zero-order valence-electron chi connectivity index (χ0n) is 12.3. The molecule has 0 bridgehead atoms. The molecular weight excluding hydrogens is 250 g/mol. The fraction of sp³-hybridized carbons (Fsp3) is 0.647. The average Bonchev–Trinajstić information content (AvgIpc) is 3.20. The molecule has 0 amide bonds. The van der Waals surface area contributed by atoms with E-state index in [2.05, 4.69) is 36.5 Å². The number of ether oxygens (including phenoxy) is 1. The Labute approximate surface area is 121 Å². The van der Waals surface area contributed by atoms with Gasteiger partial charge in [0.1, 0.15) is 11.9 Å². The zero-order chi connectivity index (χ0) is 14.0. The van der Waals surface area contributed by atoms with Crippen molar-refractivity contribution >= 4 is 0 Å². The minimum Gasteiger partial charge on any atom is -0.490 e. The summed E-state index contributed by atoms with van der Waals surface area (Å²) < 4.78 is 6.08. The smallest absolute Gasteiger partial charge is 0.119 e. The van der Waals surface area contributed by atoms with Crippen LogP contribution in [0.4, 0.5) is 0 Å². The Bertz CT molecular complexity index is 441. The molecule has 1 aromatic rings. The van der Waals surface area contributed by atoms with Gasteiger partial charge in [-0.3, -0.25) is 0 Å². The molecule has 0 radical (unpaired) electrons. The number of hydrogen-bond donors (Lipinski definition) is 2. The van der Waals surface area contributed by atoms with Gasteiger partial charge >= 0.3 is 0 Å². The van der Waals surface area contributed by atoms with Crippen LogP contribution in [-0.2, 0) is 6.42 Å². The van der Waals surface area contributed by atoms with Gasteiger partial charge < -0.3 is 15.2 Å². The van der Waals surface area contributed by atoms with Crippen molar-refractivity contribution in [2.45, 2.75) is 63.1 Å². The molecule has 3 heteroatoms. The lowest BCUT2D eigenvalue weighted by atomic mass is 9.98. The molecule has 3 nitrogen and oxygen atoms in total. The monoisotopic (exact) mass is 275 g/mol. The van der Waals surface area contributed by atoms with E-state index >= 15 is 0 Å². The molecule has 110 valence electrons. The topological polar surface area (TPSA) is 41.5 Å². The fourth-order valence-electron chi connectivity index (χ4n) is 3.16. The second kappa shape index (κ2) is 5.74. The van der Waals surface area contributed by atoms with Crippen LogP contribution < -0.4 is 10.1 Å². The summed E-state index contributed by atoms with van der Waals surface area (Å²) in [6.45, 7) is 2.38. The molecule has 0 aromatic heterocycles. The van der Waals surface area contributed by atoms with Crippen LogP contribution in [0.15, 0.2) is 24.3 Å². The number of rotatable bonds is 6. The molecule has 2 saturated carbocycles. The Morgan fingerprint density at radius 3 is 2.60 bits per heavy atom. The van der Waals surface area contributed by atoms with Crippen molar-refractivity contribution in [3.05, 3.63) is 29.8 Å². The maximum atomic E-state index is 9.73. The summed E-state index contributed by atoms with van der Waals surface area (Å²) in [5, 5.41) is 13.3. The molecule has 1 aromatic carbocycles. The van der Waals surface area contributed by atoms with Crippen molar-refractivity contribution in [3.63, 3.8) is 0 Å². The van der Waals surface area contributed by atoms with Gasteiger partial charge in [-0.15, -0.1) is 0 Å². The number of aliphatic hydroxyl groups excluding tert-OH is 1. The van der Waals surface area contributed by atoms with Gasteiger partial charge in [0.15, 0.2) is 0 Å². The lowest BCUT2D eigenvalue weighted by molar-refractivity contribution is 0.139. The van der Waals surface area contributed by atoms with Gasteiger partial charge in [0.25, 0.3) is 0 Å². The highest BCUT2D eigenvalue weighted by Crippen LogP contribution is 2.35. The highest BCUT2D eigenvalue weighted by Gasteiger charge is 2.42. The van der Waals surface area contributed by atoms with Gasteiger partial charge in [-0.1, -0.05) is 19.1 Å². The number of aliphatic hydroxyl groups is 1. The highest BCUT2D eigenvalue weighted by molar-refractivity contribution is 5.27. The third-order valence-corrected chi connectivity index (χ3v) is 4.59. The Hall–Kier alpha value is -1.06. The second-order valence-electron chi connectivity index (χ2n) is 6.34. The van der Waals surface area contributed by atoms with Gasteiger partial charge in [-0.05, 0) is 49.8 Å². The van der Waals surface area contributed by atoms with Gasteiger partial charge in [0.2, 0.25) is 0 Å². The van der Waals surface area contributed by atoms with Crippen molar-refractivity contribution in [3.8, 4) is 5.75 Å². The molecule has 2 unspecified atom stereocenters. The molecule has 2 atom stereocenters. The standard InChI is InChI=1S/C17H25NO2/c1-2-13-3-7-15(8-4-13)20-16-9-10-17(11-16,12-19)18-14-5-6-14/h3-4,7-8,14,16,18-19H,2,5-6,9-12H2,1H3. The van der Waals surface area contributed by atoms with E-state index in [4.69, 9.17) is 4.74 Å². The summed E-state index contributed by atoms with van der Waals surface area (Å²) in [6.07, 6.45) is 6.74. The van der Waals surface area contributed by atoms with Crippen LogP contribution in [0.2, 0.25) is 0 Å². The van der Waals surface area contributed by atoms with E-state index in [1.54, 1.807) is 0 Å².